The maximum Gasteiger partial charge on any atom is 0.168 e. The molecule has 4 nitrogen and oxygen atoms in total. The summed E-state index contributed by atoms with van der Waals surface area (Å²) >= 11 is 2.26. The molecule has 0 spiro atoms. The van der Waals surface area contributed by atoms with E-state index in [0.717, 1.165) is 15.0 Å². The summed E-state index contributed by atoms with van der Waals surface area (Å²) in [4.78, 5) is 0. The topological polar surface area (TPSA) is 54.0 Å². The highest BCUT2D eigenvalue weighted by molar-refractivity contribution is 14.1. The Kier molecular flexibility index (Phi) is 2.72. The molecule has 0 bridgehead atoms. The van der Waals surface area contributed by atoms with Crippen LogP contribution in [0, 0.1) is 14.9 Å². The summed E-state index contributed by atoms with van der Waals surface area (Å²) in [5, 5.41) is 17.1. The van der Waals surface area contributed by atoms with E-state index in [9.17, 15) is 0 Å². The van der Waals surface area contributed by atoms with Gasteiger partial charge in [0.05, 0.1) is 11.6 Å². The predicted molar refractivity (Wildman–Crippen MR) is 75.9 cm³/mol. The SMILES string of the molecule is N#Cc1ccn2c(-c3cccc(I)c3)nnc2c1. The molecule has 0 amide bonds. The number of aromatic nitrogens is 3. The molecule has 0 unspecified atom stereocenters. The lowest BCUT2D eigenvalue weighted by Gasteiger charge is -2.00. The number of hydrogen-bond acceptors (Lipinski definition) is 3. The van der Waals surface area contributed by atoms with Crippen molar-refractivity contribution < 1.29 is 0 Å². The van der Waals surface area contributed by atoms with Gasteiger partial charge < -0.3 is 0 Å². The first kappa shape index (κ1) is 11.2. The van der Waals surface area contributed by atoms with Crippen molar-refractivity contribution in [3.63, 3.8) is 0 Å². The van der Waals surface area contributed by atoms with Gasteiger partial charge in [0.15, 0.2) is 11.5 Å². The Bertz CT molecular complexity index is 770. The minimum atomic E-state index is 0.587. The van der Waals surface area contributed by atoms with Crippen LogP contribution < -0.4 is 0 Å². The number of hydrogen-bond donors (Lipinski definition) is 0. The molecule has 3 aromatic rings. The largest absolute Gasteiger partial charge is 0.282 e. The van der Waals surface area contributed by atoms with Crippen LogP contribution in [-0.2, 0) is 0 Å². The van der Waals surface area contributed by atoms with Crippen LogP contribution in [0.1, 0.15) is 5.56 Å². The van der Waals surface area contributed by atoms with Crippen molar-refractivity contribution in [2.24, 2.45) is 0 Å². The molecule has 0 saturated heterocycles. The van der Waals surface area contributed by atoms with E-state index >= 15 is 0 Å². The highest BCUT2D eigenvalue weighted by Gasteiger charge is 2.08. The fourth-order valence-corrected chi connectivity index (χ4v) is 2.33. The molecule has 86 valence electrons. The van der Waals surface area contributed by atoms with Gasteiger partial charge in [-0.05, 0) is 40.8 Å². The molecule has 2 aromatic heterocycles. The molecule has 0 atom stereocenters. The average molecular weight is 346 g/mol. The molecule has 0 radical (unpaired) electrons. The van der Waals surface area contributed by atoms with Gasteiger partial charge in [-0.15, -0.1) is 10.2 Å². The van der Waals surface area contributed by atoms with Gasteiger partial charge in [-0.1, -0.05) is 12.1 Å². The third kappa shape index (κ3) is 1.84. The van der Waals surface area contributed by atoms with Crippen molar-refractivity contribution in [1.82, 2.24) is 14.6 Å². The fourth-order valence-electron chi connectivity index (χ4n) is 1.78. The Labute approximate surface area is 117 Å². The monoisotopic (exact) mass is 346 g/mol. The van der Waals surface area contributed by atoms with Crippen LogP contribution in [-0.4, -0.2) is 14.6 Å². The second kappa shape index (κ2) is 4.38. The summed E-state index contributed by atoms with van der Waals surface area (Å²) in [6, 6.07) is 13.6. The highest BCUT2D eigenvalue weighted by Crippen LogP contribution is 2.20. The lowest BCUT2D eigenvalue weighted by Crippen LogP contribution is -1.90. The van der Waals surface area contributed by atoms with Gasteiger partial charge in [0.1, 0.15) is 0 Å². The van der Waals surface area contributed by atoms with Crippen LogP contribution in [0.15, 0.2) is 42.6 Å². The van der Waals surface area contributed by atoms with Crippen LogP contribution >= 0.6 is 22.6 Å². The summed E-state index contributed by atoms with van der Waals surface area (Å²) in [5.74, 6) is 0.785. The Morgan fingerprint density at radius 2 is 2.06 bits per heavy atom. The summed E-state index contributed by atoms with van der Waals surface area (Å²) < 4.78 is 3.03. The second-order valence-electron chi connectivity index (χ2n) is 3.79. The smallest absolute Gasteiger partial charge is 0.168 e. The standard InChI is InChI=1S/C13H7IN4/c14-11-3-1-2-10(7-11)13-17-16-12-6-9(8-15)4-5-18(12)13/h1-7H. The van der Waals surface area contributed by atoms with E-state index in [2.05, 4.69) is 44.9 Å². The maximum atomic E-state index is 8.85. The van der Waals surface area contributed by atoms with E-state index in [1.54, 1.807) is 12.1 Å². The molecule has 5 heteroatoms. The van der Waals surface area contributed by atoms with Crippen LogP contribution in [0.3, 0.4) is 0 Å². The second-order valence-corrected chi connectivity index (χ2v) is 5.04. The average Bonchev–Trinajstić information content (AvgIpc) is 2.81. The number of pyridine rings is 1. The van der Waals surface area contributed by atoms with Gasteiger partial charge in [0, 0.05) is 21.4 Å². The van der Waals surface area contributed by atoms with E-state index < -0.39 is 0 Å². The molecule has 0 aliphatic rings. The van der Waals surface area contributed by atoms with Gasteiger partial charge >= 0.3 is 0 Å². The molecule has 18 heavy (non-hydrogen) atoms. The van der Waals surface area contributed by atoms with E-state index in [4.69, 9.17) is 5.26 Å². The van der Waals surface area contributed by atoms with E-state index in [-0.39, 0.29) is 0 Å². The van der Waals surface area contributed by atoms with Gasteiger partial charge in [0.2, 0.25) is 0 Å². The number of rotatable bonds is 1. The van der Waals surface area contributed by atoms with Crippen molar-refractivity contribution in [3.05, 3.63) is 51.7 Å². The van der Waals surface area contributed by atoms with Crippen LogP contribution in [0.25, 0.3) is 17.0 Å². The molecule has 3 rings (SSSR count). The van der Waals surface area contributed by atoms with Crippen molar-refractivity contribution in [1.29, 1.82) is 5.26 Å². The Morgan fingerprint density at radius 3 is 2.83 bits per heavy atom. The molecular weight excluding hydrogens is 339 g/mol. The first-order valence-corrected chi connectivity index (χ1v) is 6.36. The van der Waals surface area contributed by atoms with Crippen molar-refractivity contribution >= 4 is 28.2 Å². The highest BCUT2D eigenvalue weighted by atomic mass is 127. The number of fused-ring (bicyclic) bond motifs is 1. The summed E-state index contributed by atoms with van der Waals surface area (Å²) in [7, 11) is 0. The maximum absolute atomic E-state index is 8.85. The third-order valence-electron chi connectivity index (χ3n) is 2.62. The molecule has 0 aliphatic carbocycles. The van der Waals surface area contributed by atoms with Gasteiger partial charge in [-0.2, -0.15) is 5.26 Å². The first-order chi connectivity index (χ1) is 8.78. The predicted octanol–water partition coefficient (Wildman–Crippen LogP) is 2.87. The third-order valence-corrected chi connectivity index (χ3v) is 3.29. The van der Waals surface area contributed by atoms with E-state index in [0.29, 0.717) is 11.2 Å². The summed E-state index contributed by atoms with van der Waals surface area (Å²) in [6.07, 6.45) is 1.82. The zero-order valence-electron chi connectivity index (χ0n) is 9.21. The number of halogens is 1. The van der Waals surface area contributed by atoms with Crippen LogP contribution in [0.4, 0.5) is 0 Å². The lowest BCUT2D eigenvalue weighted by atomic mass is 10.2. The van der Waals surface area contributed by atoms with Gasteiger partial charge in [0.25, 0.3) is 0 Å². The number of nitriles is 1. The Morgan fingerprint density at radius 1 is 1.17 bits per heavy atom. The Balaban J connectivity index is 2.22. The van der Waals surface area contributed by atoms with Crippen molar-refractivity contribution in [3.8, 4) is 17.5 Å². The Hall–Kier alpha value is -1.94. The molecule has 0 fully saturated rings. The van der Waals surface area contributed by atoms with Crippen molar-refractivity contribution in [2.45, 2.75) is 0 Å². The number of nitrogens with zero attached hydrogens (tertiary/aromatic N) is 4. The van der Waals surface area contributed by atoms with Gasteiger partial charge in [-0.3, -0.25) is 4.40 Å². The zero-order valence-corrected chi connectivity index (χ0v) is 11.4. The lowest BCUT2D eigenvalue weighted by molar-refractivity contribution is 1.11. The molecule has 2 heterocycles. The minimum Gasteiger partial charge on any atom is -0.282 e. The van der Waals surface area contributed by atoms with E-state index in [1.807, 2.05) is 28.8 Å². The number of benzene rings is 1. The molecule has 0 aliphatic heterocycles. The van der Waals surface area contributed by atoms with Crippen LogP contribution in [0.5, 0.6) is 0 Å². The van der Waals surface area contributed by atoms with E-state index in [1.165, 1.54) is 0 Å². The fraction of sp³-hybridized carbons (Fsp3) is 0. The molecular formula is C13H7IN4. The zero-order chi connectivity index (χ0) is 12.5. The normalized spacial score (nSPS) is 10.4. The van der Waals surface area contributed by atoms with Crippen molar-refractivity contribution in [2.75, 3.05) is 0 Å². The van der Waals surface area contributed by atoms with Gasteiger partial charge in [-0.25, -0.2) is 0 Å². The quantitative estimate of drug-likeness (QED) is 0.637. The minimum absolute atomic E-state index is 0.587. The first-order valence-electron chi connectivity index (χ1n) is 5.29. The van der Waals surface area contributed by atoms with Crippen LogP contribution in [0.2, 0.25) is 0 Å². The molecule has 0 saturated carbocycles. The molecule has 0 N–H and O–H groups in total. The molecule has 1 aromatic carbocycles. The summed E-state index contributed by atoms with van der Waals surface area (Å²) in [6.45, 7) is 0. The summed E-state index contributed by atoms with van der Waals surface area (Å²) in [5.41, 5.74) is 2.28.